The highest BCUT2D eigenvalue weighted by Crippen LogP contribution is 2.11. The Balaban J connectivity index is 2.12. The van der Waals surface area contributed by atoms with Crippen LogP contribution in [0.15, 0.2) is 0 Å². The molecule has 1 aliphatic heterocycles. The van der Waals surface area contributed by atoms with Crippen molar-refractivity contribution in [2.24, 2.45) is 5.92 Å². The van der Waals surface area contributed by atoms with Gasteiger partial charge < -0.3 is 10.1 Å². The maximum atomic E-state index is 5.42. The van der Waals surface area contributed by atoms with Gasteiger partial charge in [0.2, 0.25) is 0 Å². The van der Waals surface area contributed by atoms with E-state index in [0.717, 1.165) is 19.6 Å². The van der Waals surface area contributed by atoms with Crippen LogP contribution in [0.5, 0.6) is 0 Å². The van der Waals surface area contributed by atoms with Crippen LogP contribution in [-0.2, 0) is 4.74 Å². The highest BCUT2D eigenvalue weighted by atomic mass is 16.5. The number of hydrogen-bond acceptors (Lipinski definition) is 3. The Morgan fingerprint density at radius 3 is 2.75 bits per heavy atom. The van der Waals surface area contributed by atoms with Crippen molar-refractivity contribution in [3.63, 3.8) is 0 Å². The van der Waals surface area contributed by atoms with E-state index in [0.29, 0.717) is 18.1 Å². The van der Waals surface area contributed by atoms with E-state index in [-0.39, 0.29) is 0 Å². The topological polar surface area (TPSA) is 24.5 Å². The van der Waals surface area contributed by atoms with Gasteiger partial charge in [0.05, 0.1) is 6.10 Å². The Morgan fingerprint density at radius 1 is 1.38 bits per heavy atom. The molecule has 16 heavy (non-hydrogen) atoms. The van der Waals surface area contributed by atoms with Gasteiger partial charge in [-0.05, 0) is 32.2 Å². The average Bonchev–Trinajstić information content (AvgIpc) is 2.29. The van der Waals surface area contributed by atoms with Gasteiger partial charge in [-0.15, -0.1) is 0 Å². The Bertz CT molecular complexity index is 185. The third-order valence-corrected chi connectivity index (χ3v) is 3.69. The van der Waals surface area contributed by atoms with E-state index < -0.39 is 0 Å². The smallest absolute Gasteiger partial charge is 0.0698 e. The third kappa shape index (κ3) is 4.81. The van der Waals surface area contributed by atoms with Crippen LogP contribution in [-0.4, -0.2) is 50.3 Å². The molecular formula is C13H28N2O. The summed E-state index contributed by atoms with van der Waals surface area (Å²) in [5.74, 6) is 0.716. The molecule has 2 unspecified atom stereocenters. The maximum absolute atomic E-state index is 5.42. The van der Waals surface area contributed by atoms with E-state index in [1.54, 1.807) is 0 Å². The summed E-state index contributed by atoms with van der Waals surface area (Å²) in [6, 6.07) is 0.614. The first-order valence-electron chi connectivity index (χ1n) is 6.62. The molecule has 0 saturated carbocycles. The summed E-state index contributed by atoms with van der Waals surface area (Å²) < 4.78 is 5.42. The van der Waals surface area contributed by atoms with Gasteiger partial charge >= 0.3 is 0 Å². The van der Waals surface area contributed by atoms with Crippen LogP contribution in [0.2, 0.25) is 0 Å². The van der Waals surface area contributed by atoms with Gasteiger partial charge in [0.15, 0.2) is 0 Å². The van der Waals surface area contributed by atoms with Gasteiger partial charge in [-0.25, -0.2) is 0 Å². The van der Waals surface area contributed by atoms with E-state index in [1.807, 2.05) is 7.11 Å². The van der Waals surface area contributed by atoms with Crippen LogP contribution in [0.4, 0.5) is 0 Å². The summed E-state index contributed by atoms with van der Waals surface area (Å²) in [4.78, 5) is 2.51. The lowest BCUT2D eigenvalue weighted by atomic mass is 10.1. The van der Waals surface area contributed by atoms with E-state index in [4.69, 9.17) is 4.74 Å². The standard InChI is InChI=1S/C13H28N2O/c1-11(2)12(3)14-7-9-15-8-5-6-13(10-15)16-4/h11-14H,5-10H2,1-4H3. The molecule has 0 aromatic rings. The summed E-state index contributed by atoms with van der Waals surface area (Å²) in [7, 11) is 1.83. The predicted octanol–water partition coefficient (Wildman–Crippen LogP) is 1.73. The molecule has 0 amide bonds. The molecule has 0 aromatic heterocycles. The van der Waals surface area contributed by atoms with Crippen molar-refractivity contribution in [2.75, 3.05) is 33.3 Å². The summed E-state index contributed by atoms with van der Waals surface area (Å²) in [6.07, 6.45) is 2.96. The number of hydrogen-bond donors (Lipinski definition) is 1. The molecule has 0 bridgehead atoms. The molecule has 0 aliphatic carbocycles. The van der Waals surface area contributed by atoms with Gasteiger partial charge in [0.1, 0.15) is 0 Å². The second kappa shape index (κ2) is 7.25. The first-order chi connectivity index (χ1) is 7.63. The molecule has 3 nitrogen and oxygen atoms in total. The van der Waals surface area contributed by atoms with Crippen LogP contribution in [0, 0.1) is 5.92 Å². The number of ether oxygens (including phenoxy) is 1. The van der Waals surface area contributed by atoms with Gasteiger partial charge in [-0.1, -0.05) is 13.8 Å². The molecule has 1 saturated heterocycles. The minimum Gasteiger partial charge on any atom is -0.380 e. The lowest BCUT2D eigenvalue weighted by Crippen LogP contribution is -2.44. The van der Waals surface area contributed by atoms with Gasteiger partial charge in [-0.3, -0.25) is 4.90 Å². The highest BCUT2D eigenvalue weighted by Gasteiger charge is 2.18. The van der Waals surface area contributed by atoms with Crippen molar-refractivity contribution in [1.82, 2.24) is 10.2 Å². The number of rotatable bonds is 6. The molecule has 1 heterocycles. The van der Waals surface area contributed by atoms with Crippen LogP contribution >= 0.6 is 0 Å². The minimum absolute atomic E-state index is 0.455. The Morgan fingerprint density at radius 2 is 2.12 bits per heavy atom. The number of piperidine rings is 1. The average molecular weight is 228 g/mol. The normalized spacial score (nSPS) is 24.9. The second-order valence-corrected chi connectivity index (χ2v) is 5.29. The zero-order valence-corrected chi connectivity index (χ0v) is 11.3. The Hall–Kier alpha value is -0.120. The Kier molecular flexibility index (Phi) is 6.32. The second-order valence-electron chi connectivity index (χ2n) is 5.29. The third-order valence-electron chi connectivity index (χ3n) is 3.69. The molecule has 1 fully saturated rings. The number of nitrogens with zero attached hydrogens (tertiary/aromatic N) is 1. The number of nitrogens with one attached hydrogen (secondary N) is 1. The van der Waals surface area contributed by atoms with Crippen molar-refractivity contribution in [3.8, 4) is 0 Å². The molecule has 1 rings (SSSR count). The molecule has 0 radical (unpaired) electrons. The van der Waals surface area contributed by atoms with E-state index in [1.165, 1.54) is 19.4 Å². The maximum Gasteiger partial charge on any atom is 0.0698 e. The fourth-order valence-electron chi connectivity index (χ4n) is 2.09. The molecule has 0 aromatic carbocycles. The highest BCUT2D eigenvalue weighted by molar-refractivity contribution is 4.74. The van der Waals surface area contributed by atoms with Gasteiger partial charge in [0.25, 0.3) is 0 Å². The van der Waals surface area contributed by atoms with Crippen molar-refractivity contribution >= 4 is 0 Å². The van der Waals surface area contributed by atoms with Crippen LogP contribution in [0.1, 0.15) is 33.6 Å². The summed E-state index contributed by atoms with van der Waals surface area (Å²) in [6.45, 7) is 11.4. The van der Waals surface area contributed by atoms with Gasteiger partial charge in [0, 0.05) is 32.8 Å². The molecule has 2 atom stereocenters. The minimum atomic E-state index is 0.455. The van der Waals surface area contributed by atoms with Gasteiger partial charge in [-0.2, -0.15) is 0 Å². The quantitative estimate of drug-likeness (QED) is 0.749. The largest absolute Gasteiger partial charge is 0.380 e. The van der Waals surface area contributed by atoms with Crippen molar-refractivity contribution in [1.29, 1.82) is 0 Å². The summed E-state index contributed by atoms with van der Waals surface area (Å²) in [5.41, 5.74) is 0. The van der Waals surface area contributed by atoms with E-state index in [9.17, 15) is 0 Å². The molecule has 0 spiro atoms. The first kappa shape index (κ1) is 13.9. The lowest BCUT2D eigenvalue weighted by Gasteiger charge is -2.32. The van der Waals surface area contributed by atoms with Crippen LogP contribution in [0.3, 0.4) is 0 Å². The number of likely N-dealkylation sites (tertiary alicyclic amines) is 1. The molecule has 96 valence electrons. The Labute approximate surface area is 101 Å². The predicted molar refractivity (Wildman–Crippen MR) is 68.8 cm³/mol. The summed E-state index contributed by atoms with van der Waals surface area (Å²) >= 11 is 0. The first-order valence-corrected chi connectivity index (χ1v) is 6.62. The fourth-order valence-corrected chi connectivity index (χ4v) is 2.09. The fraction of sp³-hybridized carbons (Fsp3) is 1.00. The van der Waals surface area contributed by atoms with Crippen LogP contribution in [0.25, 0.3) is 0 Å². The zero-order chi connectivity index (χ0) is 12.0. The zero-order valence-electron chi connectivity index (χ0n) is 11.3. The SMILES string of the molecule is COC1CCCN(CCNC(C)C(C)C)C1. The lowest BCUT2D eigenvalue weighted by molar-refractivity contribution is 0.0316. The molecule has 1 aliphatic rings. The molecule has 1 N–H and O–H groups in total. The van der Waals surface area contributed by atoms with Crippen molar-refractivity contribution in [2.45, 2.75) is 45.8 Å². The molecule has 3 heteroatoms. The van der Waals surface area contributed by atoms with Crippen LogP contribution < -0.4 is 5.32 Å². The van der Waals surface area contributed by atoms with Crippen molar-refractivity contribution < 1.29 is 4.74 Å². The molecular weight excluding hydrogens is 200 g/mol. The van der Waals surface area contributed by atoms with Crippen molar-refractivity contribution in [3.05, 3.63) is 0 Å². The summed E-state index contributed by atoms with van der Waals surface area (Å²) in [5, 5.41) is 3.58. The monoisotopic (exact) mass is 228 g/mol. The number of methoxy groups -OCH3 is 1. The van der Waals surface area contributed by atoms with E-state index in [2.05, 4.69) is 31.0 Å². The van der Waals surface area contributed by atoms with E-state index >= 15 is 0 Å².